The van der Waals surface area contributed by atoms with Crippen molar-refractivity contribution in [2.24, 2.45) is 0 Å². The molecule has 2 atom stereocenters. The van der Waals surface area contributed by atoms with E-state index in [1.165, 1.54) is 0 Å². The molecule has 1 aliphatic rings. The minimum atomic E-state index is -0.628. The summed E-state index contributed by atoms with van der Waals surface area (Å²) < 4.78 is 11.1. The van der Waals surface area contributed by atoms with Gasteiger partial charge < -0.3 is 19.5 Å². The van der Waals surface area contributed by atoms with Crippen molar-refractivity contribution in [3.63, 3.8) is 0 Å². The zero-order valence-electron chi connectivity index (χ0n) is 16.1. The molecule has 0 aromatic heterocycles. The molecule has 1 saturated heterocycles. The summed E-state index contributed by atoms with van der Waals surface area (Å²) in [7, 11) is 0. The van der Waals surface area contributed by atoms with Gasteiger partial charge in [0.05, 0.1) is 31.5 Å². The highest BCUT2D eigenvalue weighted by Gasteiger charge is 2.34. The third kappa shape index (κ3) is 4.49. The van der Waals surface area contributed by atoms with Crippen molar-refractivity contribution >= 4 is 5.91 Å². The standard InChI is InChI=1S/C22H27NO4/c1-4-23(20-13-26-14-21(20)24)22(25)17-10-8-16(9-11-17)18-6-5-7-19(12-18)27-15(2)3/h5-12,15,20-21,24H,4,13-14H2,1-3H3/t20-,21-/m0/s1. The van der Waals surface area contributed by atoms with Gasteiger partial charge in [0.25, 0.3) is 5.91 Å². The van der Waals surface area contributed by atoms with E-state index in [0.717, 1.165) is 16.9 Å². The molecule has 5 nitrogen and oxygen atoms in total. The molecular weight excluding hydrogens is 342 g/mol. The molecule has 0 saturated carbocycles. The average Bonchev–Trinajstić information content (AvgIpc) is 3.08. The topological polar surface area (TPSA) is 59.0 Å². The highest BCUT2D eigenvalue weighted by atomic mass is 16.5. The lowest BCUT2D eigenvalue weighted by atomic mass is 10.0. The second-order valence-corrected chi connectivity index (χ2v) is 7.04. The van der Waals surface area contributed by atoms with Crippen molar-refractivity contribution in [2.75, 3.05) is 19.8 Å². The largest absolute Gasteiger partial charge is 0.491 e. The van der Waals surface area contributed by atoms with Gasteiger partial charge in [-0.05, 0) is 56.2 Å². The third-order valence-corrected chi connectivity index (χ3v) is 4.69. The van der Waals surface area contributed by atoms with E-state index in [1.54, 1.807) is 4.90 Å². The Morgan fingerprint density at radius 2 is 1.93 bits per heavy atom. The van der Waals surface area contributed by atoms with Gasteiger partial charge in [-0.3, -0.25) is 4.79 Å². The Morgan fingerprint density at radius 1 is 1.19 bits per heavy atom. The van der Waals surface area contributed by atoms with Gasteiger partial charge in [-0.15, -0.1) is 0 Å². The van der Waals surface area contributed by atoms with Gasteiger partial charge >= 0.3 is 0 Å². The molecule has 0 spiro atoms. The Kier molecular flexibility index (Phi) is 6.14. The fourth-order valence-corrected chi connectivity index (χ4v) is 3.35. The van der Waals surface area contributed by atoms with Gasteiger partial charge in [-0.25, -0.2) is 0 Å². The van der Waals surface area contributed by atoms with E-state index in [2.05, 4.69) is 0 Å². The lowest BCUT2D eigenvalue weighted by molar-refractivity contribution is 0.0520. The monoisotopic (exact) mass is 369 g/mol. The van der Waals surface area contributed by atoms with Crippen LogP contribution in [0.5, 0.6) is 5.75 Å². The first-order valence-corrected chi connectivity index (χ1v) is 9.43. The van der Waals surface area contributed by atoms with Crippen LogP contribution in [0.4, 0.5) is 0 Å². The van der Waals surface area contributed by atoms with E-state index in [-0.39, 0.29) is 24.7 Å². The average molecular weight is 369 g/mol. The highest BCUT2D eigenvalue weighted by molar-refractivity contribution is 5.95. The van der Waals surface area contributed by atoms with Crippen LogP contribution in [-0.4, -0.2) is 53.9 Å². The molecule has 3 rings (SSSR count). The Bertz CT molecular complexity index is 772. The van der Waals surface area contributed by atoms with Crippen molar-refractivity contribution < 1.29 is 19.4 Å². The Labute approximate surface area is 160 Å². The van der Waals surface area contributed by atoms with E-state index in [0.29, 0.717) is 18.7 Å². The number of nitrogens with zero attached hydrogens (tertiary/aromatic N) is 1. The zero-order valence-corrected chi connectivity index (χ0v) is 16.1. The van der Waals surface area contributed by atoms with Crippen LogP contribution in [-0.2, 0) is 4.74 Å². The summed E-state index contributed by atoms with van der Waals surface area (Å²) in [5.41, 5.74) is 2.67. The molecule has 0 aliphatic carbocycles. The molecule has 1 fully saturated rings. The van der Waals surface area contributed by atoms with Crippen molar-refractivity contribution in [2.45, 2.75) is 39.0 Å². The number of amides is 1. The summed E-state index contributed by atoms with van der Waals surface area (Å²) in [6, 6.07) is 15.2. The smallest absolute Gasteiger partial charge is 0.254 e. The van der Waals surface area contributed by atoms with Gasteiger partial charge in [-0.1, -0.05) is 24.3 Å². The van der Waals surface area contributed by atoms with Crippen LogP contribution in [0.3, 0.4) is 0 Å². The molecule has 5 heteroatoms. The van der Waals surface area contributed by atoms with E-state index >= 15 is 0 Å². The number of hydrogen-bond acceptors (Lipinski definition) is 4. The molecule has 1 aliphatic heterocycles. The Morgan fingerprint density at radius 3 is 2.52 bits per heavy atom. The second kappa shape index (κ2) is 8.55. The van der Waals surface area contributed by atoms with Gasteiger partial charge in [0.15, 0.2) is 0 Å². The predicted molar refractivity (Wildman–Crippen MR) is 105 cm³/mol. The van der Waals surface area contributed by atoms with Crippen LogP contribution in [0.15, 0.2) is 48.5 Å². The summed E-state index contributed by atoms with van der Waals surface area (Å²) in [5, 5.41) is 10.0. The first-order valence-electron chi connectivity index (χ1n) is 9.43. The van der Waals surface area contributed by atoms with E-state index in [4.69, 9.17) is 9.47 Å². The van der Waals surface area contributed by atoms with E-state index in [9.17, 15) is 9.90 Å². The minimum Gasteiger partial charge on any atom is -0.491 e. The van der Waals surface area contributed by atoms with Crippen LogP contribution in [0.1, 0.15) is 31.1 Å². The quantitative estimate of drug-likeness (QED) is 0.848. The van der Waals surface area contributed by atoms with Crippen molar-refractivity contribution in [1.82, 2.24) is 4.90 Å². The van der Waals surface area contributed by atoms with Crippen LogP contribution >= 0.6 is 0 Å². The van der Waals surface area contributed by atoms with Gasteiger partial charge in [-0.2, -0.15) is 0 Å². The molecule has 0 bridgehead atoms. The molecule has 2 aromatic carbocycles. The first kappa shape index (κ1) is 19.4. The zero-order chi connectivity index (χ0) is 19.4. The number of benzene rings is 2. The summed E-state index contributed by atoms with van der Waals surface area (Å²) >= 11 is 0. The molecule has 0 unspecified atom stereocenters. The number of carbonyl (C=O) groups excluding carboxylic acids is 1. The number of likely N-dealkylation sites (N-methyl/N-ethyl adjacent to an activating group) is 1. The van der Waals surface area contributed by atoms with Crippen molar-refractivity contribution in [3.05, 3.63) is 54.1 Å². The van der Waals surface area contributed by atoms with Crippen LogP contribution in [0.25, 0.3) is 11.1 Å². The number of ether oxygens (including phenoxy) is 2. The molecule has 1 amide bonds. The van der Waals surface area contributed by atoms with Crippen LogP contribution < -0.4 is 4.74 Å². The van der Waals surface area contributed by atoms with Crippen molar-refractivity contribution in [3.8, 4) is 16.9 Å². The van der Waals surface area contributed by atoms with Gasteiger partial charge in [0.2, 0.25) is 0 Å². The lowest BCUT2D eigenvalue weighted by Crippen LogP contribution is -2.46. The maximum Gasteiger partial charge on any atom is 0.254 e. The normalized spacial score (nSPS) is 19.3. The van der Waals surface area contributed by atoms with E-state index in [1.807, 2.05) is 69.3 Å². The van der Waals surface area contributed by atoms with Crippen LogP contribution in [0.2, 0.25) is 0 Å². The van der Waals surface area contributed by atoms with Gasteiger partial charge in [0, 0.05) is 12.1 Å². The van der Waals surface area contributed by atoms with Crippen molar-refractivity contribution in [1.29, 1.82) is 0 Å². The summed E-state index contributed by atoms with van der Waals surface area (Å²) in [4.78, 5) is 14.6. The highest BCUT2D eigenvalue weighted by Crippen LogP contribution is 2.25. The molecule has 1 N–H and O–H groups in total. The lowest BCUT2D eigenvalue weighted by Gasteiger charge is -2.28. The maximum absolute atomic E-state index is 12.9. The predicted octanol–water partition coefficient (Wildman–Crippen LogP) is 3.36. The summed E-state index contributed by atoms with van der Waals surface area (Å²) in [5.74, 6) is 0.741. The SMILES string of the molecule is CCN(C(=O)c1ccc(-c2cccc(OC(C)C)c2)cc1)[C@H]1COC[C@@H]1O. The molecule has 1 heterocycles. The molecule has 27 heavy (non-hydrogen) atoms. The molecule has 2 aromatic rings. The first-order chi connectivity index (χ1) is 13.0. The molecule has 0 radical (unpaired) electrons. The fourth-order valence-electron chi connectivity index (χ4n) is 3.35. The van der Waals surface area contributed by atoms with Gasteiger partial charge in [0.1, 0.15) is 5.75 Å². The minimum absolute atomic E-state index is 0.0875. The number of aliphatic hydroxyl groups is 1. The Hall–Kier alpha value is -2.37. The van der Waals surface area contributed by atoms with E-state index < -0.39 is 6.10 Å². The summed E-state index contributed by atoms with van der Waals surface area (Å²) in [6.45, 7) is 7.10. The van der Waals surface area contributed by atoms with Crippen LogP contribution in [0, 0.1) is 0 Å². The third-order valence-electron chi connectivity index (χ3n) is 4.69. The maximum atomic E-state index is 12.9. The second-order valence-electron chi connectivity index (χ2n) is 7.04. The molecule has 144 valence electrons. The molecular formula is C22H27NO4. The fraction of sp³-hybridized carbons (Fsp3) is 0.409. The summed E-state index contributed by atoms with van der Waals surface area (Å²) in [6.07, 6.45) is -0.507. The number of aliphatic hydroxyl groups excluding tert-OH is 1. The number of rotatable bonds is 6. The number of carbonyl (C=O) groups is 1. The Balaban J connectivity index is 1.77. The number of hydrogen-bond donors (Lipinski definition) is 1.